The molecule has 0 radical (unpaired) electrons. The summed E-state index contributed by atoms with van der Waals surface area (Å²) in [6, 6.07) is 8.74. The molecule has 7 nitrogen and oxygen atoms in total. The fourth-order valence-corrected chi connectivity index (χ4v) is 4.59. The van der Waals surface area contributed by atoms with Crippen LogP contribution in [0.1, 0.15) is 35.8 Å². The van der Waals surface area contributed by atoms with Crippen molar-refractivity contribution in [1.29, 1.82) is 0 Å². The molecule has 1 aliphatic heterocycles. The number of hydrogen-bond acceptors (Lipinski definition) is 6. The highest BCUT2D eigenvalue weighted by Crippen LogP contribution is 2.27. The van der Waals surface area contributed by atoms with Crippen molar-refractivity contribution in [2.45, 2.75) is 26.2 Å². The second-order valence-electron chi connectivity index (χ2n) is 7.38. The molecule has 152 valence electrons. The molecule has 1 atom stereocenters. The highest BCUT2D eigenvalue weighted by Gasteiger charge is 2.22. The number of benzene rings is 1. The SMILES string of the molecule is C[C@H]1CCCN(c2nn3c(C(=O)NCCc4ccc(Cl)cc4)cc(=O)nc3s2)C1. The molecule has 4 rings (SSSR count). The van der Waals surface area contributed by atoms with E-state index in [4.69, 9.17) is 11.6 Å². The molecule has 0 aliphatic carbocycles. The lowest BCUT2D eigenvalue weighted by molar-refractivity contribution is 0.0946. The number of rotatable bonds is 5. The molecule has 0 spiro atoms. The number of carbonyl (C=O) groups excluding carboxylic acids is 1. The van der Waals surface area contributed by atoms with Crippen molar-refractivity contribution >= 4 is 38.9 Å². The van der Waals surface area contributed by atoms with Crippen molar-refractivity contribution in [3.8, 4) is 0 Å². The molecule has 1 N–H and O–H groups in total. The maximum absolute atomic E-state index is 12.7. The van der Waals surface area contributed by atoms with Gasteiger partial charge in [0.25, 0.3) is 11.5 Å². The molecule has 1 saturated heterocycles. The van der Waals surface area contributed by atoms with Crippen molar-refractivity contribution in [3.05, 3.63) is 57.0 Å². The normalized spacial score (nSPS) is 16.9. The van der Waals surface area contributed by atoms with E-state index in [-0.39, 0.29) is 11.6 Å². The standard InChI is InChI=1S/C20H22ClN5O2S/c1-13-3-2-10-25(12-13)20-24-26-16(11-17(27)23-19(26)29-20)18(28)22-9-8-14-4-6-15(21)7-5-14/h4-7,11,13H,2-3,8-10,12H2,1H3,(H,22,28)/t13-/m0/s1. The van der Waals surface area contributed by atoms with Crippen LogP contribution in [-0.4, -0.2) is 40.1 Å². The zero-order valence-corrected chi connectivity index (χ0v) is 17.7. The molecule has 9 heteroatoms. The van der Waals surface area contributed by atoms with Gasteiger partial charge in [0.05, 0.1) is 0 Å². The third-order valence-corrected chi connectivity index (χ3v) is 6.24. The van der Waals surface area contributed by atoms with E-state index in [2.05, 4.69) is 27.2 Å². The van der Waals surface area contributed by atoms with E-state index in [9.17, 15) is 9.59 Å². The third-order valence-electron chi connectivity index (χ3n) is 5.02. The average Bonchev–Trinajstić information content (AvgIpc) is 3.12. The van der Waals surface area contributed by atoms with Gasteiger partial charge in [0.1, 0.15) is 5.69 Å². The summed E-state index contributed by atoms with van der Waals surface area (Å²) in [4.78, 5) is 31.4. The van der Waals surface area contributed by atoms with Gasteiger partial charge in [-0.15, -0.1) is 5.10 Å². The molecule has 1 aliphatic rings. The molecular weight excluding hydrogens is 410 g/mol. The Morgan fingerprint density at radius 3 is 2.90 bits per heavy atom. The zero-order chi connectivity index (χ0) is 20.4. The fourth-order valence-electron chi connectivity index (χ4n) is 3.52. The number of fused-ring (bicyclic) bond motifs is 1. The highest BCUT2D eigenvalue weighted by atomic mass is 35.5. The topological polar surface area (TPSA) is 79.6 Å². The van der Waals surface area contributed by atoms with Crippen LogP contribution < -0.4 is 15.8 Å². The van der Waals surface area contributed by atoms with Gasteiger partial charge < -0.3 is 10.2 Å². The van der Waals surface area contributed by atoms with Crippen LogP contribution in [-0.2, 0) is 6.42 Å². The molecular formula is C20H22ClN5O2S. The minimum atomic E-state index is -0.435. The number of hydrogen-bond donors (Lipinski definition) is 1. The van der Waals surface area contributed by atoms with Crippen molar-refractivity contribution in [2.75, 3.05) is 24.5 Å². The zero-order valence-electron chi connectivity index (χ0n) is 16.1. The molecule has 0 bridgehead atoms. The summed E-state index contributed by atoms with van der Waals surface area (Å²) in [5.74, 6) is 0.261. The van der Waals surface area contributed by atoms with E-state index < -0.39 is 5.56 Å². The van der Waals surface area contributed by atoms with Crippen LogP contribution in [0.15, 0.2) is 35.1 Å². The van der Waals surface area contributed by atoms with E-state index in [0.717, 1.165) is 30.2 Å². The molecule has 3 heterocycles. The Hall–Kier alpha value is -2.45. The summed E-state index contributed by atoms with van der Waals surface area (Å²) in [7, 11) is 0. The number of amides is 1. The number of carbonyl (C=O) groups is 1. The maximum Gasteiger partial charge on any atom is 0.274 e. The van der Waals surface area contributed by atoms with E-state index in [1.165, 1.54) is 28.3 Å². The summed E-state index contributed by atoms with van der Waals surface area (Å²) in [5.41, 5.74) is 0.848. The number of halogens is 1. The van der Waals surface area contributed by atoms with E-state index in [1.54, 1.807) is 0 Å². The lowest BCUT2D eigenvalue weighted by Gasteiger charge is -2.30. The van der Waals surface area contributed by atoms with Crippen LogP contribution in [0.3, 0.4) is 0 Å². The molecule has 1 aromatic carbocycles. The molecule has 1 fully saturated rings. The Kier molecular flexibility index (Phi) is 5.82. The smallest absolute Gasteiger partial charge is 0.274 e. The van der Waals surface area contributed by atoms with Crippen molar-refractivity contribution < 1.29 is 4.79 Å². The Morgan fingerprint density at radius 1 is 1.34 bits per heavy atom. The first kappa shape index (κ1) is 19.8. The van der Waals surface area contributed by atoms with Gasteiger partial charge in [-0.05, 0) is 42.9 Å². The van der Waals surface area contributed by atoms with E-state index in [0.29, 0.717) is 28.9 Å². The molecule has 29 heavy (non-hydrogen) atoms. The number of aromatic nitrogens is 3. The minimum Gasteiger partial charge on any atom is -0.350 e. The Morgan fingerprint density at radius 2 is 2.14 bits per heavy atom. The van der Waals surface area contributed by atoms with Gasteiger partial charge in [0.2, 0.25) is 10.1 Å². The quantitative estimate of drug-likeness (QED) is 0.671. The van der Waals surface area contributed by atoms with Crippen molar-refractivity contribution in [1.82, 2.24) is 19.9 Å². The van der Waals surface area contributed by atoms with Gasteiger partial charge in [-0.3, -0.25) is 9.59 Å². The van der Waals surface area contributed by atoms with Crippen LogP contribution in [0, 0.1) is 5.92 Å². The molecule has 3 aromatic rings. The number of nitrogens with zero attached hydrogens (tertiary/aromatic N) is 4. The first-order valence-electron chi connectivity index (χ1n) is 9.68. The second kappa shape index (κ2) is 8.51. The predicted octanol–water partition coefficient (Wildman–Crippen LogP) is 3.01. The molecule has 0 unspecified atom stereocenters. The van der Waals surface area contributed by atoms with Gasteiger partial charge in [-0.1, -0.05) is 42.0 Å². The van der Waals surface area contributed by atoms with Gasteiger partial charge in [0.15, 0.2) is 0 Å². The summed E-state index contributed by atoms with van der Waals surface area (Å²) in [6.07, 6.45) is 2.98. The van der Waals surface area contributed by atoms with E-state index >= 15 is 0 Å². The fraction of sp³-hybridized carbons (Fsp3) is 0.400. The van der Waals surface area contributed by atoms with E-state index in [1.807, 2.05) is 24.3 Å². The van der Waals surface area contributed by atoms with Crippen LogP contribution >= 0.6 is 22.9 Å². The van der Waals surface area contributed by atoms with Gasteiger partial charge in [-0.2, -0.15) is 9.50 Å². The molecule has 2 aromatic heterocycles. The summed E-state index contributed by atoms with van der Waals surface area (Å²) >= 11 is 7.24. The minimum absolute atomic E-state index is 0.212. The number of nitrogens with one attached hydrogen (secondary N) is 1. The van der Waals surface area contributed by atoms with Crippen LogP contribution in [0.5, 0.6) is 0 Å². The molecule has 0 saturated carbocycles. The third kappa shape index (κ3) is 4.59. The number of anilines is 1. The van der Waals surface area contributed by atoms with Gasteiger partial charge >= 0.3 is 0 Å². The number of piperidine rings is 1. The predicted molar refractivity (Wildman–Crippen MR) is 115 cm³/mol. The Labute approximate surface area is 177 Å². The Balaban J connectivity index is 1.51. The monoisotopic (exact) mass is 431 g/mol. The summed E-state index contributed by atoms with van der Waals surface area (Å²) in [6.45, 7) is 4.52. The highest BCUT2D eigenvalue weighted by molar-refractivity contribution is 7.20. The Bertz CT molecular complexity index is 1080. The summed E-state index contributed by atoms with van der Waals surface area (Å²) < 4.78 is 1.48. The summed E-state index contributed by atoms with van der Waals surface area (Å²) in [5, 5.41) is 8.94. The van der Waals surface area contributed by atoms with Crippen molar-refractivity contribution in [3.63, 3.8) is 0 Å². The van der Waals surface area contributed by atoms with Crippen LogP contribution in [0.4, 0.5) is 5.13 Å². The van der Waals surface area contributed by atoms with Gasteiger partial charge in [0, 0.05) is 30.7 Å². The lowest BCUT2D eigenvalue weighted by Crippen LogP contribution is -2.34. The first-order chi connectivity index (χ1) is 14.0. The van der Waals surface area contributed by atoms with Gasteiger partial charge in [-0.25, -0.2) is 0 Å². The molecule has 1 amide bonds. The maximum atomic E-state index is 12.7. The largest absolute Gasteiger partial charge is 0.350 e. The van der Waals surface area contributed by atoms with Crippen LogP contribution in [0.2, 0.25) is 5.02 Å². The lowest BCUT2D eigenvalue weighted by atomic mass is 10.0. The first-order valence-corrected chi connectivity index (χ1v) is 10.9. The average molecular weight is 432 g/mol. The second-order valence-corrected chi connectivity index (χ2v) is 8.76. The van der Waals surface area contributed by atoms with Crippen LogP contribution in [0.25, 0.3) is 4.96 Å². The van der Waals surface area contributed by atoms with Crippen molar-refractivity contribution in [2.24, 2.45) is 5.92 Å².